The Labute approximate surface area is 79.1 Å². The Morgan fingerprint density at radius 1 is 1.46 bits per heavy atom. The summed E-state index contributed by atoms with van der Waals surface area (Å²) in [5.41, 5.74) is 1.92. The molecule has 0 aliphatic carbocycles. The zero-order valence-electron chi connectivity index (χ0n) is 8.18. The van der Waals surface area contributed by atoms with Gasteiger partial charge in [-0.25, -0.2) is 4.39 Å². The first-order chi connectivity index (χ1) is 6.15. The third kappa shape index (κ3) is 2.41. The molecule has 0 bridgehead atoms. The highest BCUT2D eigenvalue weighted by atomic mass is 19.1. The normalized spacial score (nSPS) is 10.5. The second-order valence-corrected chi connectivity index (χ2v) is 3.50. The Balaban J connectivity index is 3.03. The summed E-state index contributed by atoms with van der Waals surface area (Å²) in [4.78, 5) is 0. The Morgan fingerprint density at radius 3 is 2.69 bits per heavy atom. The van der Waals surface area contributed by atoms with Gasteiger partial charge in [0.2, 0.25) is 0 Å². The van der Waals surface area contributed by atoms with Crippen molar-refractivity contribution in [2.75, 3.05) is 0 Å². The Hall–Kier alpha value is -1.11. The first-order valence-electron chi connectivity index (χ1n) is 4.54. The molecule has 70 valence electrons. The summed E-state index contributed by atoms with van der Waals surface area (Å²) in [7, 11) is 0. The van der Waals surface area contributed by atoms with Crippen LogP contribution >= 0.6 is 0 Å². The van der Waals surface area contributed by atoms with Crippen molar-refractivity contribution in [1.29, 1.82) is 0 Å². The van der Waals surface area contributed by atoms with Crippen LogP contribution in [0.2, 0.25) is 0 Å². The summed E-state index contributed by atoms with van der Waals surface area (Å²) in [6.07, 6.45) is 2.33. The predicted molar refractivity (Wildman–Crippen MR) is 54.4 cm³/mol. The van der Waals surface area contributed by atoms with Crippen molar-refractivity contribution in [3.8, 4) is 0 Å². The molecule has 0 nitrogen and oxygen atoms in total. The van der Waals surface area contributed by atoms with Crippen LogP contribution in [0.15, 0.2) is 30.9 Å². The maximum atomic E-state index is 13.2. The summed E-state index contributed by atoms with van der Waals surface area (Å²) in [5.74, 6) is 0.313. The fourth-order valence-electron chi connectivity index (χ4n) is 1.27. The summed E-state index contributed by atoms with van der Waals surface area (Å²) < 4.78 is 13.2. The van der Waals surface area contributed by atoms with Crippen molar-refractivity contribution in [1.82, 2.24) is 0 Å². The minimum absolute atomic E-state index is 0.135. The molecule has 0 heterocycles. The van der Waals surface area contributed by atoms with Crippen LogP contribution in [0, 0.1) is 5.82 Å². The van der Waals surface area contributed by atoms with Crippen molar-refractivity contribution < 1.29 is 4.39 Å². The second-order valence-electron chi connectivity index (χ2n) is 3.50. The first-order valence-corrected chi connectivity index (χ1v) is 4.54. The molecule has 0 atom stereocenters. The van der Waals surface area contributed by atoms with E-state index >= 15 is 0 Å². The van der Waals surface area contributed by atoms with Gasteiger partial charge in [0.1, 0.15) is 5.82 Å². The highest BCUT2D eigenvalue weighted by molar-refractivity contribution is 5.28. The lowest BCUT2D eigenvalue weighted by molar-refractivity contribution is 0.613. The lowest BCUT2D eigenvalue weighted by Gasteiger charge is -2.07. The van der Waals surface area contributed by atoms with E-state index in [4.69, 9.17) is 0 Å². The van der Waals surface area contributed by atoms with Gasteiger partial charge in [0, 0.05) is 0 Å². The first kappa shape index (κ1) is 9.97. The molecule has 1 aromatic rings. The fraction of sp³-hybridized carbons (Fsp3) is 0.333. The van der Waals surface area contributed by atoms with Crippen LogP contribution < -0.4 is 0 Å². The Kier molecular flexibility index (Phi) is 3.24. The van der Waals surface area contributed by atoms with Crippen LogP contribution in [0.5, 0.6) is 0 Å². The number of halogens is 1. The highest BCUT2D eigenvalue weighted by Gasteiger charge is 2.04. The molecule has 0 amide bonds. The molecular weight excluding hydrogens is 163 g/mol. The van der Waals surface area contributed by atoms with Crippen molar-refractivity contribution in [3.05, 3.63) is 47.8 Å². The summed E-state index contributed by atoms with van der Waals surface area (Å²) >= 11 is 0. The van der Waals surface area contributed by atoms with Crippen molar-refractivity contribution in [2.45, 2.75) is 26.2 Å². The molecule has 13 heavy (non-hydrogen) atoms. The van der Waals surface area contributed by atoms with Gasteiger partial charge in [0.05, 0.1) is 0 Å². The molecule has 0 N–H and O–H groups in total. The molecule has 0 saturated carbocycles. The van der Waals surface area contributed by atoms with E-state index in [9.17, 15) is 4.39 Å². The lowest BCUT2D eigenvalue weighted by atomic mass is 9.99. The third-order valence-electron chi connectivity index (χ3n) is 2.10. The Morgan fingerprint density at radius 2 is 2.15 bits per heavy atom. The quantitative estimate of drug-likeness (QED) is 0.619. The third-order valence-corrected chi connectivity index (χ3v) is 2.10. The van der Waals surface area contributed by atoms with E-state index in [2.05, 4.69) is 20.4 Å². The van der Waals surface area contributed by atoms with E-state index in [1.165, 1.54) is 11.6 Å². The molecule has 1 rings (SSSR count). The molecule has 0 aliphatic rings. The average molecular weight is 178 g/mol. The van der Waals surface area contributed by atoms with Gasteiger partial charge >= 0.3 is 0 Å². The van der Waals surface area contributed by atoms with Crippen LogP contribution in [0.25, 0.3) is 0 Å². The second kappa shape index (κ2) is 4.22. The van der Waals surface area contributed by atoms with E-state index < -0.39 is 0 Å². The van der Waals surface area contributed by atoms with Crippen LogP contribution in [0.3, 0.4) is 0 Å². The minimum Gasteiger partial charge on any atom is -0.207 e. The van der Waals surface area contributed by atoms with E-state index in [-0.39, 0.29) is 5.82 Å². The summed E-state index contributed by atoms with van der Waals surface area (Å²) in [6, 6.07) is 5.29. The van der Waals surface area contributed by atoms with E-state index in [1.807, 2.05) is 12.1 Å². The highest BCUT2D eigenvalue weighted by Crippen LogP contribution is 2.18. The van der Waals surface area contributed by atoms with Crippen LogP contribution in [-0.4, -0.2) is 0 Å². The maximum Gasteiger partial charge on any atom is 0.126 e. The molecule has 0 radical (unpaired) electrons. The lowest BCUT2D eigenvalue weighted by Crippen LogP contribution is -1.93. The zero-order chi connectivity index (χ0) is 9.84. The maximum absolute atomic E-state index is 13.2. The van der Waals surface area contributed by atoms with Crippen LogP contribution in [0.1, 0.15) is 30.9 Å². The molecule has 0 spiro atoms. The SMILES string of the molecule is C=CCc1cc(C(C)C)ccc1F. The molecule has 0 unspecified atom stereocenters. The molecule has 0 saturated heterocycles. The molecule has 1 aromatic carbocycles. The smallest absolute Gasteiger partial charge is 0.126 e. The van der Waals surface area contributed by atoms with E-state index in [0.717, 1.165) is 5.56 Å². The van der Waals surface area contributed by atoms with E-state index in [1.54, 1.807) is 6.08 Å². The van der Waals surface area contributed by atoms with Gasteiger partial charge in [-0.05, 0) is 29.5 Å². The topological polar surface area (TPSA) is 0 Å². The Bertz CT molecular complexity index is 300. The minimum atomic E-state index is -0.135. The van der Waals surface area contributed by atoms with Gasteiger partial charge in [0.25, 0.3) is 0 Å². The average Bonchev–Trinajstić information content (AvgIpc) is 2.08. The number of benzene rings is 1. The monoisotopic (exact) mass is 178 g/mol. The van der Waals surface area contributed by atoms with Crippen molar-refractivity contribution in [2.24, 2.45) is 0 Å². The number of hydrogen-bond donors (Lipinski definition) is 0. The van der Waals surface area contributed by atoms with Gasteiger partial charge in [0.15, 0.2) is 0 Å². The predicted octanol–water partition coefficient (Wildman–Crippen LogP) is 3.68. The number of rotatable bonds is 3. The fourth-order valence-corrected chi connectivity index (χ4v) is 1.27. The number of hydrogen-bond acceptors (Lipinski definition) is 0. The molecule has 0 aromatic heterocycles. The van der Waals surface area contributed by atoms with Gasteiger partial charge in [-0.15, -0.1) is 6.58 Å². The largest absolute Gasteiger partial charge is 0.207 e. The molecule has 0 aliphatic heterocycles. The molecular formula is C12H15F. The van der Waals surface area contributed by atoms with Crippen LogP contribution in [-0.2, 0) is 6.42 Å². The van der Waals surface area contributed by atoms with Gasteiger partial charge in [-0.3, -0.25) is 0 Å². The van der Waals surface area contributed by atoms with Gasteiger partial charge in [-0.2, -0.15) is 0 Å². The van der Waals surface area contributed by atoms with Crippen LogP contribution in [0.4, 0.5) is 4.39 Å². The molecule has 1 heteroatoms. The van der Waals surface area contributed by atoms with Gasteiger partial charge < -0.3 is 0 Å². The van der Waals surface area contributed by atoms with Crippen molar-refractivity contribution >= 4 is 0 Å². The standard InChI is InChI=1S/C12H15F/c1-4-5-11-8-10(9(2)3)6-7-12(11)13/h4,6-9H,1,5H2,2-3H3. The summed E-state index contributed by atoms with van der Waals surface area (Å²) in [5, 5.41) is 0. The van der Waals surface area contributed by atoms with Gasteiger partial charge in [-0.1, -0.05) is 32.1 Å². The number of allylic oxidation sites excluding steroid dienone is 1. The summed E-state index contributed by atoms with van der Waals surface area (Å²) in [6.45, 7) is 7.81. The van der Waals surface area contributed by atoms with E-state index in [0.29, 0.717) is 12.3 Å². The van der Waals surface area contributed by atoms with Crippen molar-refractivity contribution in [3.63, 3.8) is 0 Å². The molecule has 0 fully saturated rings. The zero-order valence-corrected chi connectivity index (χ0v) is 8.18.